The zero-order valence-electron chi connectivity index (χ0n) is 19.3. The molecule has 1 N–H and O–H groups in total. The number of phenolic OH excluding ortho intramolecular Hbond substituents is 1. The van der Waals surface area contributed by atoms with Crippen molar-refractivity contribution in [1.29, 1.82) is 0 Å². The molecule has 0 heterocycles. The molecule has 0 radical (unpaired) electrons. The first-order chi connectivity index (χ1) is 18.7. The summed E-state index contributed by atoms with van der Waals surface area (Å²) in [5, 5.41) is 8.79. The van der Waals surface area contributed by atoms with Gasteiger partial charge in [-0.2, -0.15) is 92.2 Å². The predicted octanol–water partition coefficient (Wildman–Crippen LogP) is 9.16. The Hall–Kier alpha value is -3.17. The van der Waals surface area contributed by atoms with Gasteiger partial charge in [0, 0.05) is 5.39 Å². The van der Waals surface area contributed by atoms with Crippen LogP contribution in [0.5, 0.6) is 11.5 Å². The molecule has 0 atom stereocenters. The van der Waals surface area contributed by atoms with Crippen molar-refractivity contribution in [3.8, 4) is 11.5 Å². The van der Waals surface area contributed by atoms with Crippen LogP contribution in [0.1, 0.15) is 0 Å². The first-order valence-corrected chi connectivity index (χ1v) is 10.1. The lowest BCUT2D eigenvalue weighted by Gasteiger charge is -2.44. The first-order valence-electron chi connectivity index (χ1n) is 10.1. The van der Waals surface area contributed by atoms with Crippen molar-refractivity contribution in [3.63, 3.8) is 0 Å². The predicted molar refractivity (Wildman–Crippen MR) is 96.8 cm³/mol. The lowest BCUT2D eigenvalue weighted by atomic mass is 9.87. The summed E-state index contributed by atoms with van der Waals surface area (Å²) in [7, 11) is 0. The maximum atomic E-state index is 14.0. The number of benzene rings is 2. The average molecular weight is 678 g/mol. The lowest BCUT2D eigenvalue weighted by Crippen LogP contribution is -2.77. The molecule has 0 fully saturated rings. The Morgan fingerprint density at radius 2 is 0.814 bits per heavy atom. The van der Waals surface area contributed by atoms with Crippen LogP contribution < -0.4 is 4.74 Å². The summed E-state index contributed by atoms with van der Waals surface area (Å²) in [5.41, 5.74) is 0. The number of ether oxygens (including phenoxy) is 1. The molecule has 0 saturated carbocycles. The van der Waals surface area contributed by atoms with Gasteiger partial charge in [0.25, 0.3) is 0 Å². The van der Waals surface area contributed by atoms with Crippen LogP contribution in [-0.2, 0) is 0 Å². The van der Waals surface area contributed by atoms with Crippen LogP contribution in [0.15, 0.2) is 36.4 Å². The van der Waals surface area contributed by atoms with E-state index in [1.54, 1.807) is 0 Å². The second kappa shape index (κ2) is 9.66. The largest absolute Gasteiger partial charge is 0.507 e. The number of fused-ring (bicyclic) bond motifs is 1. The van der Waals surface area contributed by atoms with E-state index in [1.165, 1.54) is 0 Å². The first kappa shape index (κ1) is 36.0. The second-order valence-electron chi connectivity index (χ2n) is 8.37. The minimum absolute atomic E-state index is 0.133. The molecule has 2 aromatic rings. The van der Waals surface area contributed by atoms with E-state index in [0.717, 1.165) is 18.2 Å². The van der Waals surface area contributed by atoms with Gasteiger partial charge in [-0.1, -0.05) is 12.1 Å². The average Bonchev–Trinajstić information content (AvgIpc) is 2.82. The Kier molecular flexibility index (Phi) is 8.10. The molecule has 246 valence electrons. The molecule has 23 heteroatoms. The smallest absolute Gasteiger partial charge is 0.471 e. The Morgan fingerprint density at radius 3 is 1.21 bits per heavy atom. The van der Waals surface area contributed by atoms with E-state index in [0.29, 0.717) is 6.07 Å². The van der Waals surface area contributed by atoms with Crippen molar-refractivity contribution in [2.45, 2.75) is 59.7 Å². The Morgan fingerprint density at radius 1 is 0.442 bits per heavy atom. The van der Waals surface area contributed by atoms with Gasteiger partial charge in [-0.05, 0) is 29.7 Å². The fourth-order valence-corrected chi connectivity index (χ4v) is 3.06. The van der Waals surface area contributed by atoms with E-state index in [4.69, 9.17) is 0 Å². The van der Waals surface area contributed by atoms with E-state index in [2.05, 4.69) is 4.74 Å². The van der Waals surface area contributed by atoms with Crippen molar-refractivity contribution >= 4 is 10.8 Å². The van der Waals surface area contributed by atoms with Crippen molar-refractivity contribution in [1.82, 2.24) is 0 Å². The van der Waals surface area contributed by atoms with Crippen LogP contribution >= 0.6 is 0 Å². The topological polar surface area (TPSA) is 29.5 Å². The highest BCUT2D eigenvalue weighted by molar-refractivity contribution is 5.89. The summed E-state index contributed by atoms with van der Waals surface area (Å²) in [6, 6.07) is 3.66. The van der Waals surface area contributed by atoms with Gasteiger partial charge in [-0.25, -0.2) is 0 Å². The Balaban J connectivity index is 2.62. The van der Waals surface area contributed by atoms with Crippen LogP contribution in [0, 0.1) is 0 Å². The van der Waals surface area contributed by atoms with Gasteiger partial charge in [-0.15, -0.1) is 0 Å². The molecule has 2 nitrogen and oxygen atoms in total. The molecular formula is C20H7F21O2. The quantitative estimate of drug-likeness (QED) is 0.254. The van der Waals surface area contributed by atoms with E-state index in [-0.39, 0.29) is 17.5 Å². The summed E-state index contributed by atoms with van der Waals surface area (Å²) in [6.45, 7) is 0. The summed E-state index contributed by atoms with van der Waals surface area (Å²) in [6.07, 6.45) is -15.3. The molecule has 0 aliphatic carbocycles. The van der Waals surface area contributed by atoms with Gasteiger partial charge in [0.15, 0.2) is 0 Å². The third-order valence-corrected chi connectivity index (χ3v) is 5.56. The number of rotatable bonds is 10. The zero-order chi connectivity index (χ0) is 34.3. The molecule has 0 saturated heterocycles. The molecule has 0 aliphatic rings. The summed E-state index contributed by atoms with van der Waals surface area (Å²) >= 11 is 0. The number of hydrogen-bond acceptors (Lipinski definition) is 2. The SMILES string of the molecule is Oc1cccc2cc(OC(F)(F)C(F)(F)C(F)(F)C(F)(F)C(F)(F)C(F)(F)C(F)(F)C(F)(F)C(F)(F)C(F)(F)F)ccc12. The van der Waals surface area contributed by atoms with Crippen molar-refractivity contribution < 1.29 is 102 Å². The van der Waals surface area contributed by atoms with E-state index in [1.807, 2.05) is 0 Å². The monoisotopic (exact) mass is 678 g/mol. The highest BCUT2D eigenvalue weighted by Crippen LogP contribution is 2.66. The van der Waals surface area contributed by atoms with Crippen molar-refractivity contribution in [2.75, 3.05) is 0 Å². The minimum atomic E-state index is -9.24. The van der Waals surface area contributed by atoms with Crippen LogP contribution in [-0.4, -0.2) is 64.8 Å². The highest BCUT2D eigenvalue weighted by atomic mass is 19.4. The highest BCUT2D eigenvalue weighted by Gasteiger charge is 2.98. The van der Waals surface area contributed by atoms with Crippen molar-refractivity contribution in [2.24, 2.45) is 0 Å². The number of hydrogen-bond donors (Lipinski definition) is 1. The minimum Gasteiger partial charge on any atom is -0.507 e. The summed E-state index contributed by atoms with van der Waals surface area (Å²) < 4.78 is 285. The fourth-order valence-electron chi connectivity index (χ4n) is 3.06. The van der Waals surface area contributed by atoms with Gasteiger partial charge in [0.2, 0.25) is 0 Å². The third kappa shape index (κ3) is 4.70. The number of alkyl halides is 21. The molecule has 2 aromatic carbocycles. The standard InChI is InChI=1S/C20H7F21O2/c21-11(22,13(25,26)15(29,30)17(33,34)19(37,38)39)12(23,24)14(27,28)16(31,32)18(35,36)20(40,41)43-8-4-5-9-7(6-8)2-1-3-10(9)42/h1-6,42H. The van der Waals surface area contributed by atoms with Crippen LogP contribution in [0.3, 0.4) is 0 Å². The van der Waals surface area contributed by atoms with Gasteiger partial charge in [0.05, 0.1) is 0 Å². The molecule has 0 unspecified atom stereocenters. The maximum Gasteiger partial charge on any atom is 0.471 e. The van der Waals surface area contributed by atoms with Gasteiger partial charge in [-0.3, -0.25) is 0 Å². The molecule has 0 amide bonds. The lowest BCUT2D eigenvalue weighted by molar-refractivity contribution is -0.480. The van der Waals surface area contributed by atoms with Gasteiger partial charge >= 0.3 is 59.7 Å². The molecule has 43 heavy (non-hydrogen) atoms. The third-order valence-electron chi connectivity index (χ3n) is 5.56. The van der Waals surface area contributed by atoms with Crippen LogP contribution in [0.4, 0.5) is 92.2 Å². The Bertz CT molecular complexity index is 1340. The van der Waals surface area contributed by atoms with E-state index in [9.17, 15) is 97.3 Å². The maximum absolute atomic E-state index is 14.0. The van der Waals surface area contributed by atoms with Gasteiger partial charge < -0.3 is 9.84 Å². The van der Waals surface area contributed by atoms with Crippen LogP contribution in [0.2, 0.25) is 0 Å². The summed E-state index contributed by atoms with van der Waals surface area (Å²) in [5.74, 6) is -73.4. The fraction of sp³-hybridized carbons (Fsp3) is 0.500. The molecule has 0 bridgehead atoms. The molecule has 0 spiro atoms. The number of phenols is 1. The van der Waals surface area contributed by atoms with E-state index < -0.39 is 76.6 Å². The summed E-state index contributed by atoms with van der Waals surface area (Å²) in [4.78, 5) is 0. The Labute approximate surface area is 221 Å². The second-order valence-corrected chi connectivity index (χ2v) is 8.37. The molecule has 2 rings (SSSR count). The normalized spacial score (nSPS) is 15.7. The number of halogens is 21. The van der Waals surface area contributed by atoms with Crippen LogP contribution in [0.25, 0.3) is 10.8 Å². The molecule has 0 aliphatic heterocycles. The molecular weight excluding hydrogens is 671 g/mol. The molecule has 0 aromatic heterocycles. The van der Waals surface area contributed by atoms with E-state index >= 15 is 0 Å². The van der Waals surface area contributed by atoms with Gasteiger partial charge in [0.1, 0.15) is 11.5 Å². The zero-order valence-corrected chi connectivity index (χ0v) is 19.3. The number of aromatic hydroxyl groups is 1. The van der Waals surface area contributed by atoms with Crippen molar-refractivity contribution in [3.05, 3.63) is 36.4 Å².